The summed E-state index contributed by atoms with van der Waals surface area (Å²) in [5.41, 5.74) is 2.78. The van der Waals surface area contributed by atoms with Crippen LogP contribution in [0.25, 0.3) is 0 Å². The van der Waals surface area contributed by atoms with Crippen molar-refractivity contribution in [3.63, 3.8) is 0 Å². The van der Waals surface area contributed by atoms with Crippen LogP contribution in [0, 0.1) is 11.8 Å². The molecule has 0 radical (unpaired) electrons. The molecular weight excluding hydrogens is 277 g/mol. The molecule has 1 rings (SSSR count). The molecule has 1 saturated carbocycles. The van der Waals surface area contributed by atoms with E-state index in [0.717, 1.165) is 25.7 Å². The van der Waals surface area contributed by atoms with Gasteiger partial charge >= 0.3 is 6.18 Å². The number of hydrazine groups is 1. The van der Waals surface area contributed by atoms with Gasteiger partial charge < -0.3 is 0 Å². The van der Waals surface area contributed by atoms with E-state index in [4.69, 9.17) is 5.84 Å². The molecule has 0 spiro atoms. The van der Waals surface area contributed by atoms with Crippen molar-refractivity contribution >= 4 is 0 Å². The fraction of sp³-hybridized carbons (Fsp3) is 1.00. The lowest BCUT2D eigenvalue weighted by Gasteiger charge is -2.35. The van der Waals surface area contributed by atoms with E-state index >= 15 is 0 Å². The molecular formula is C16H31F3N2. The average molecular weight is 308 g/mol. The highest BCUT2D eigenvalue weighted by molar-refractivity contribution is 4.84. The first kappa shape index (κ1) is 18.8. The van der Waals surface area contributed by atoms with Crippen LogP contribution in [0.1, 0.15) is 77.6 Å². The number of unbranched alkanes of at least 4 members (excludes halogenated alkanes) is 5. The largest absolute Gasteiger partial charge is 0.391 e. The van der Waals surface area contributed by atoms with Crippen LogP contribution < -0.4 is 11.3 Å². The number of alkyl halides is 3. The fourth-order valence-corrected chi connectivity index (χ4v) is 3.49. The third kappa shape index (κ3) is 7.00. The molecule has 0 aromatic rings. The number of hydrogen-bond acceptors (Lipinski definition) is 2. The van der Waals surface area contributed by atoms with Gasteiger partial charge in [0, 0.05) is 6.04 Å². The van der Waals surface area contributed by atoms with Crippen molar-refractivity contribution in [1.82, 2.24) is 5.43 Å². The monoisotopic (exact) mass is 308 g/mol. The normalized spacial score (nSPS) is 25.0. The highest BCUT2D eigenvalue weighted by atomic mass is 19.4. The van der Waals surface area contributed by atoms with Gasteiger partial charge in [0.15, 0.2) is 0 Å². The predicted molar refractivity (Wildman–Crippen MR) is 80.6 cm³/mol. The summed E-state index contributed by atoms with van der Waals surface area (Å²) in [5.74, 6) is 4.54. The van der Waals surface area contributed by atoms with E-state index in [2.05, 4.69) is 12.3 Å². The topological polar surface area (TPSA) is 38.0 Å². The van der Waals surface area contributed by atoms with Crippen molar-refractivity contribution in [3.8, 4) is 0 Å². The van der Waals surface area contributed by atoms with Crippen molar-refractivity contribution in [3.05, 3.63) is 0 Å². The molecule has 0 bridgehead atoms. The fourth-order valence-electron chi connectivity index (χ4n) is 3.49. The van der Waals surface area contributed by atoms with Crippen molar-refractivity contribution in [2.45, 2.75) is 89.8 Å². The third-order valence-electron chi connectivity index (χ3n) is 4.83. The van der Waals surface area contributed by atoms with Crippen LogP contribution in [0.4, 0.5) is 13.2 Å². The van der Waals surface area contributed by atoms with Crippen LogP contribution in [-0.4, -0.2) is 12.2 Å². The molecule has 0 amide bonds. The Labute approximate surface area is 127 Å². The zero-order valence-electron chi connectivity index (χ0n) is 13.2. The van der Waals surface area contributed by atoms with Gasteiger partial charge in [0.05, 0.1) is 5.92 Å². The zero-order chi connectivity index (χ0) is 15.7. The van der Waals surface area contributed by atoms with E-state index in [0.29, 0.717) is 6.42 Å². The van der Waals surface area contributed by atoms with Gasteiger partial charge in [-0.2, -0.15) is 13.2 Å². The molecule has 5 heteroatoms. The number of rotatable bonds is 9. The van der Waals surface area contributed by atoms with E-state index < -0.39 is 12.1 Å². The molecule has 0 aromatic heterocycles. The molecule has 0 aliphatic heterocycles. The summed E-state index contributed by atoms with van der Waals surface area (Å²) in [4.78, 5) is 0. The number of nitrogens with one attached hydrogen (secondary N) is 1. The molecule has 2 nitrogen and oxygen atoms in total. The molecule has 21 heavy (non-hydrogen) atoms. The van der Waals surface area contributed by atoms with Crippen molar-refractivity contribution < 1.29 is 13.2 Å². The summed E-state index contributed by atoms with van der Waals surface area (Å²) in [5, 5.41) is 0. The molecule has 1 aliphatic carbocycles. The predicted octanol–water partition coefficient (Wildman–Crippen LogP) is 4.94. The molecule has 0 aromatic carbocycles. The standard InChI is InChI=1S/C16H31F3N2/c1-2-3-4-5-6-7-11-15(21-20)13-9-8-10-14(12-13)16(17,18)19/h13-15,21H,2-12,20H2,1H3. The van der Waals surface area contributed by atoms with Gasteiger partial charge in [-0.25, -0.2) is 0 Å². The molecule has 3 atom stereocenters. The van der Waals surface area contributed by atoms with Crippen molar-refractivity contribution in [2.75, 3.05) is 0 Å². The Morgan fingerprint density at radius 1 is 1.10 bits per heavy atom. The second-order valence-corrected chi connectivity index (χ2v) is 6.49. The van der Waals surface area contributed by atoms with Crippen LogP contribution in [0.15, 0.2) is 0 Å². The van der Waals surface area contributed by atoms with Crippen molar-refractivity contribution in [2.24, 2.45) is 17.7 Å². The first-order valence-electron chi connectivity index (χ1n) is 8.51. The highest BCUT2D eigenvalue weighted by Gasteiger charge is 2.43. The van der Waals surface area contributed by atoms with Crippen LogP contribution in [-0.2, 0) is 0 Å². The lowest BCUT2D eigenvalue weighted by atomic mass is 9.76. The molecule has 3 unspecified atom stereocenters. The summed E-state index contributed by atoms with van der Waals surface area (Å²) in [6.07, 6.45) is 6.14. The quantitative estimate of drug-likeness (QED) is 0.360. The molecule has 1 aliphatic rings. The number of halogens is 3. The first-order valence-corrected chi connectivity index (χ1v) is 8.51. The first-order chi connectivity index (χ1) is 9.99. The van der Waals surface area contributed by atoms with Crippen molar-refractivity contribution in [1.29, 1.82) is 0 Å². The highest BCUT2D eigenvalue weighted by Crippen LogP contribution is 2.41. The van der Waals surface area contributed by atoms with Gasteiger partial charge in [0.25, 0.3) is 0 Å². The van der Waals surface area contributed by atoms with E-state index in [-0.39, 0.29) is 24.8 Å². The third-order valence-corrected chi connectivity index (χ3v) is 4.83. The lowest BCUT2D eigenvalue weighted by Crippen LogP contribution is -2.44. The maximum absolute atomic E-state index is 12.9. The number of nitrogens with two attached hydrogens (primary N) is 1. The molecule has 0 heterocycles. The van der Waals surface area contributed by atoms with Crippen LogP contribution in [0.2, 0.25) is 0 Å². The van der Waals surface area contributed by atoms with E-state index in [1.807, 2.05) is 0 Å². The van der Waals surface area contributed by atoms with Gasteiger partial charge in [-0.3, -0.25) is 11.3 Å². The summed E-state index contributed by atoms with van der Waals surface area (Å²) in [6.45, 7) is 2.19. The Morgan fingerprint density at radius 2 is 1.76 bits per heavy atom. The lowest BCUT2D eigenvalue weighted by molar-refractivity contribution is -0.186. The Hall–Kier alpha value is -0.290. The Balaban J connectivity index is 2.30. The number of hydrogen-bond donors (Lipinski definition) is 2. The minimum Gasteiger partial charge on any atom is -0.271 e. The van der Waals surface area contributed by atoms with Gasteiger partial charge in [-0.05, 0) is 31.6 Å². The molecule has 0 saturated heterocycles. The van der Waals surface area contributed by atoms with Gasteiger partial charge in [-0.1, -0.05) is 51.9 Å². The van der Waals surface area contributed by atoms with Crippen LogP contribution in [0.3, 0.4) is 0 Å². The summed E-state index contributed by atoms with van der Waals surface area (Å²) >= 11 is 0. The van der Waals surface area contributed by atoms with E-state index in [1.54, 1.807) is 0 Å². The van der Waals surface area contributed by atoms with E-state index in [1.165, 1.54) is 25.7 Å². The molecule has 1 fully saturated rings. The Bertz CT molecular complexity index is 269. The SMILES string of the molecule is CCCCCCCCC(NN)C1CCCC(C(F)(F)F)C1. The summed E-state index contributed by atoms with van der Waals surface area (Å²) < 4.78 is 38.6. The molecule has 3 N–H and O–H groups in total. The second-order valence-electron chi connectivity index (χ2n) is 6.49. The molecule has 126 valence electrons. The van der Waals surface area contributed by atoms with Gasteiger partial charge in [0.2, 0.25) is 0 Å². The Morgan fingerprint density at radius 3 is 2.38 bits per heavy atom. The van der Waals surface area contributed by atoms with Gasteiger partial charge in [-0.15, -0.1) is 0 Å². The van der Waals surface area contributed by atoms with Crippen LogP contribution in [0.5, 0.6) is 0 Å². The second kappa shape index (κ2) is 9.67. The minimum absolute atomic E-state index is 0.0429. The van der Waals surface area contributed by atoms with Gasteiger partial charge in [0.1, 0.15) is 0 Å². The average Bonchev–Trinajstić information content (AvgIpc) is 2.46. The summed E-state index contributed by atoms with van der Waals surface area (Å²) in [7, 11) is 0. The smallest absolute Gasteiger partial charge is 0.271 e. The summed E-state index contributed by atoms with van der Waals surface area (Å²) in [6, 6.07) is 0.0429. The zero-order valence-corrected chi connectivity index (χ0v) is 13.2. The maximum atomic E-state index is 12.9. The minimum atomic E-state index is -4.04. The maximum Gasteiger partial charge on any atom is 0.391 e. The van der Waals surface area contributed by atoms with E-state index in [9.17, 15) is 13.2 Å². The Kier molecular flexibility index (Phi) is 8.64. The van der Waals surface area contributed by atoms with Crippen LogP contribution >= 0.6 is 0 Å².